The maximum Gasteiger partial charge on any atom is 0.406 e. The third kappa shape index (κ3) is 7.12. The summed E-state index contributed by atoms with van der Waals surface area (Å²) in [6.45, 7) is 1.44. The van der Waals surface area contributed by atoms with Crippen LogP contribution in [0.25, 0.3) is 0 Å². The van der Waals surface area contributed by atoms with Crippen LogP contribution in [-0.2, 0) is 14.3 Å². The van der Waals surface area contributed by atoms with Gasteiger partial charge < -0.3 is 9.47 Å². The number of carbonyl (C=O) groups excluding carboxylic acids is 2. The molecule has 0 aliphatic heterocycles. The van der Waals surface area contributed by atoms with Crippen LogP contribution in [0.3, 0.4) is 0 Å². The van der Waals surface area contributed by atoms with Gasteiger partial charge in [-0.2, -0.15) is 0 Å². The van der Waals surface area contributed by atoms with E-state index in [1.54, 1.807) is 0 Å². The largest absolute Gasteiger partial charge is 0.428 e. The van der Waals surface area contributed by atoms with Gasteiger partial charge in [0.1, 0.15) is 0 Å². The van der Waals surface area contributed by atoms with E-state index in [-0.39, 0.29) is 0 Å². The van der Waals surface area contributed by atoms with Gasteiger partial charge in [-0.3, -0.25) is 4.79 Å². The highest BCUT2D eigenvalue weighted by Gasteiger charge is 2.01. The molecule has 0 spiro atoms. The van der Waals surface area contributed by atoms with Crippen molar-refractivity contribution < 1.29 is 19.1 Å². The molecule has 4 nitrogen and oxygen atoms in total. The van der Waals surface area contributed by atoms with E-state index in [0.29, 0.717) is 12.8 Å². The summed E-state index contributed by atoms with van der Waals surface area (Å²) in [7, 11) is 0. The normalized spacial score (nSPS) is 8.91. The zero-order chi connectivity index (χ0) is 8.69. The van der Waals surface area contributed by atoms with Crippen LogP contribution in [0.2, 0.25) is 0 Å². The number of carbonyl (C=O) groups is 2. The predicted octanol–water partition coefficient (Wildman–Crippen LogP) is 1.66. The second kappa shape index (κ2) is 5.97. The first-order valence-corrected chi connectivity index (χ1v) is 3.52. The molecule has 0 unspecified atom stereocenters. The summed E-state index contributed by atoms with van der Waals surface area (Å²) in [6, 6.07) is 0. The number of rotatable bonds is 4. The molecule has 0 rings (SSSR count). The molecule has 0 aliphatic rings. The standard InChI is InChI=1S/C6H9ClO4/c1-2-3-5(8)10-4-11-6(7)9/h2-4H2,1H3. The zero-order valence-corrected chi connectivity index (χ0v) is 6.89. The van der Waals surface area contributed by atoms with Crippen molar-refractivity contribution in [3.8, 4) is 0 Å². The van der Waals surface area contributed by atoms with Gasteiger partial charge in [0, 0.05) is 18.0 Å². The van der Waals surface area contributed by atoms with E-state index in [1.807, 2.05) is 6.92 Å². The van der Waals surface area contributed by atoms with Crippen molar-refractivity contribution in [2.24, 2.45) is 0 Å². The summed E-state index contributed by atoms with van der Waals surface area (Å²) in [5, 5.41) is 0. The smallest absolute Gasteiger partial charge is 0.406 e. The van der Waals surface area contributed by atoms with Crippen molar-refractivity contribution in [2.45, 2.75) is 19.8 Å². The van der Waals surface area contributed by atoms with Gasteiger partial charge in [-0.25, -0.2) is 4.79 Å². The average Bonchev–Trinajstić information content (AvgIpc) is 1.87. The number of halogens is 1. The SMILES string of the molecule is CCCC(=O)OCOC(=O)Cl. The summed E-state index contributed by atoms with van der Waals surface area (Å²) < 4.78 is 8.57. The minimum absolute atomic E-state index is 0.319. The first-order chi connectivity index (χ1) is 5.16. The Bertz CT molecular complexity index is 146. The highest BCUT2D eigenvalue weighted by molar-refractivity contribution is 6.61. The Balaban J connectivity index is 3.24. The van der Waals surface area contributed by atoms with Gasteiger partial charge in [0.15, 0.2) is 0 Å². The van der Waals surface area contributed by atoms with Gasteiger partial charge in [-0.05, 0) is 6.42 Å². The molecule has 0 aromatic carbocycles. The first-order valence-electron chi connectivity index (χ1n) is 3.14. The van der Waals surface area contributed by atoms with Crippen molar-refractivity contribution >= 4 is 23.0 Å². The third-order valence-corrected chi connectivity index (χ3v) is 0.956. The number of ether oxygens (including phenoxy) is 2. The molecule has 0 atom stereocenters. The van der Waals surface area contributed by atoms with Crippen LogP contribution < -0.4 is 0 Å². The van der Waals surface area contributed by atoms with Crippen molar-refractivity contribution in [2.75, 3.05) is 6.79 Å². The fourth-order valence-corrected chi connectivity index (χ4v) is 0.462. The maximum atomic E-state index is 10.6. The van der Waals surface area contributed by atoms with E-state index < -0.39 is 18.2 Å². The predicted molar refractivity (Wildman–Crippen MR) is 38.2 cm³/mol. The number of esters is 1. The van der Waals surface area contributed by atoms with Gasteiger partial charge in [0.2, 0.25) is 6.79 Å². The van der Waals surface area contributed by atoms with Crippen LogP contribution in [0.4, 0.5) is 4.79 Å². The van der Waals surface area contributed by atoms with Crippen LogP contribution in [0.15, 0.2) is 0 Å². The van der Waals surface area contributed by atoms with Gasteiger partial charge in [0.05, 0.1) is 0 Å². The molecule has 0 aliphatic carbocycles. The fraction of sp³-hybridized carbons (Fsp3) is 0.667. The van der Waals surface area contributed by atoms with E-state index in [1.165, 1.54) is 0 Å². The lowest BCUT2D eigenvalue weighted by atomic mass is 10.3. The molecule has 64 valence electrons. The van der Waals surface area contributed by atoms with Crippen LogP contribution in [-0.4, -0.2) is 18.2 Å². The molecule has 0 aromatic rings. The first kappa shape index (κ1) is 10.2. The molecule has 0 N–H and O–H groups in total. The Morgan fingerprint density at radius 2 is 2.00 bits per heavy atom. The molecule has 0 saturated carbocycles. The van der Waals surface area contributed by atoms with Crippen LogP contribution >= 0.6 is 11.6 Å². The molecule has 0 amide bonds. The van der Waals surface area contributed by atoms with E-state index in [9.17, 15) is 9.59 Å². The van der Waals surface area contributed by atoms with Gasteiger partial charge in [-0.1, -0.05) is 6.92 Å². The lowest BCUT2D eigenvalue weighted by molar-refractivity contribution is -0.151. The van der Waals surface area contributed by atoms with Crippen molar-refractivity contribution in [3.05, 3.63) is 0 Å². The minimum atomic E-state index is -0.978. The Kier molecular flexibility index (Phi) is 5.56. The summed E-state index contributed by atoms with van der Waals surface area (Å²) in [5.74, 6) is -0.398. The molecule has 0 fully saturated rings. The molecule has 0 bridgehead atoms. The van der Waals surface area contributed by atoms with Crippen molar-refractivity contribution in [1.82, 2.24) is 0 Å². The molecule has 0 aromatic heterocycles. The van der Waals surface area contributed by atoms with E-state index >= 15 is 0 Å². The summed E-state index contributed by atoms with van der Waals surface area (Å²) in [6.07, 6.45) is 1.02. The molecule has 5 heteroatoms. The third-order valence-electron chi connectivity index (χ3n) is 0.846. The average molecular weight is 181 g/mol. The lowest BCUT2D eigenvalue weighted by Gasteiger charge is -2.01. The summed E-state index contributed by atoms with van der Waals surface area (Å²) in [4.78, 5) is 20.5. The Morgan fingerprint density at radius 3 is 2.45 bits per heavy atom. The van der Waals surface area contributed by atoms with E-state index in [2.05, 4.69) is 9.47 Å². The molecule has 0 radical (unpaired) electrons. The quantitative estimate of drug-likeness (QED) is 0.375. The van der Waals surface area contributed by atoms with Gasteiger partial charge in [0.25, 0.3) is 0 Å². The fourth-order valence-electron chi connectivity index (χ4n) is 0.418. The van der Waals surface area contributed by atoms with Crippen molar-refractivity contribution in [3.63, 3.8) is 0 Å². The molecule has 0 saturated heterocycles. The monoisotopic (exact) mass is 180 g/mol. The van der Waals surface area contributed by atoms with E-state index in [0.717, 1.165) is 0 Å². The lowest BCUT2D eigenvalue weighted by Crippen LogP contribution is -2.08. The van der Waals surface area contributed by atoms with Gasteiger partial charge >= 0.3 is 11.4 Å². The molecular weight excluding hydrogens is 172 g/mol. The van der Waals surface area contributed by atoms with E-state index in [4.69, 9.17) is 11.6 Å². The molecular formula is C6H9ClO4. The second-order valence-electron chi connectivity index (χ2n) is 1.77. The Labute approximate surface area is 69.4 Å². The minimum Gasteiger partial charge on any atom is -0.428 e. The van der Waals surface area contributed by atoms with Crippen molar-refractivity contribution in [1.29, 1.82) is 0 Å². The van der Waals surface area contributed by atoms with Crippen LogP contribution in [0.1, 0.15) is 19.8 Å². The highest BCUT2D eigenvalue weighted by atomic mass is 35.5. The van der Waals surface area contributed by atoms with Gasteiger partial charge in [-0.15, -0.1) is 0 Å². The zero-order valence-electron chi connectivity index (χ0n) is 6.13. The Morgan fingerprint density at radius 1 is 1.36 bits per heavy atom. The maximum absolute atomic E-state index is 10.6. The molecule has 0 heterocycles. The Hall–Kier alpha value is -0.770. The number of hydrogen-bond donors (Lipinski definition) is 0. The molecule has 11 heavy (non-hydrogen) atoms. The highest BCUT2D eigenvalue weighted by Crippen LogP contribution is 1.93. The van der Waals surface area contributed by atoms with Crippen LogP contribution in [0, 0.1) is 0 Å². The van der Waals surface area contributed by atoms with Crippen LogP contribution in [0.5, 0.6) is 0 Å². The topological polar surface area (TPSA) is 52.6 Å². The number of hydrogen-bond acceptors (Lipinski definition) is 4. The summed E-state index contributed by atoms with van der Waals surface area (Å²) in [5.41, 5.74) is -0.978. The summed E-state index contributed by atoms with van der Waals surface area (Å²) >= 11 is 4.79. The second-order valence-corrected chi connectivity index (χ2v) is 2.07.